The molecule has 2 N–H and O–H groups in total. The van der Waals surface area contributed by atoms with Gasteiger partial charge in [0.1, 0.15) is 0 Å². The van der Waals surface area contributed by atoms with Gasteiger partial charge in [-0.05, 0) is 30.9 Å². The molecule has 0 saturated heterocycles. The molecule has 2 aromatic rings. The maximum Gasteiger partial charge on any atom is 0.229 e. The van der Waals surface area contributed by atoms with E-state index in [4.69, 9.17) is 0 Å². The van der Waals surface area contributed by atoms with Crippen LogP contribution in [0, 0.1) is 11.8 Å². The van der Waals surface area contributed by atoms with Gasteiger partial charge in [0, 0.05) is 29.0 Å². The van der Waals surface area contributed by atoms with Crippen molar-refractivity contribution in [3.8, 4) is 11.3 Å². The fraction of sp³-hybridized carbons (Fsp3) is 0.389. The molecule has 6 heteroatoms. The monoisotopic (exact) mass is 343 g/mol. The smallest absolute Gasteiger partial charge is 0.229 e. The normalized spacial score (nSPS) is 18.9. The van der Waals surface area contributed by atoms with Gasteiger partial charge in [-0.25, -0.2) is 4.98 Å². The number of benzene rings is 1. The van der Waals surface area contributed by atoms with Crippen LogP contribution in [-0.4, -0.2) is 16.8 Å². The van der Waals surface area contributed by atoms with Crippen LogP contribution in [0.3, 0.4) is 0 Å². The van der Waals surface area contributed by atoms with Crippen molar-refractivity contribution in [3.63, 3.8) is 0 Å². The van der Waals surface area contributed by atoms with Crippen molar-refractivity contribution in [2.45, 2.75) is 33.1 Å². The summed E-state index contributed by atoms with van der Waals surface area (Å²) in [4.78, 5) is 28.0. The second-order valence-corrected chi connectivity index (χ2v) is 7.08. The first-order valence-electron chi connectivity index (χ1n) is 8.23. The molecule has 24 heavy (non-hydrogen) atoms. The van der Waals surface area contributed by atoms with E-state index in [0.717, 1.165) is 29.8 Å². The first kappa shape index (κ1) is 16.6. The summed E-state index contributed by atoms with van der Waals surface area (Å²) in [5, 5.41) is 8.31. The number of thiazole rings is 1. The zero-order chi connectivity index (χ0) is 17.1. The molecule has 1 saturated carbocycles. The third kappa shape index (κ3) is 4.00. The van der Waals surface area contributed by atoms with Crippen molar-refractivity contribution in [3.05, 3.63) is 29.6 Å². The molecule has 5 nitrogen and oxygen atoms in total. The third-order valence-electron chi connectivity index (χ3n) is 4.12. The molecular formula is C18H21N3O2S. The molecule has 1 aliphatic rings. The second-order valence-electron chi connectivity index (χ2n) is 6.22. The summed E-state index contributed by atoms with van der Waals surface area (Å²) in [6.45, 7) is 4.06. The van der Waals surface area contributed by atoms with Crippen molar-refractivity contribution in [2.75, 3.05) is 10.6 Å². The molecule has 0 aliphatic heterocycles. The Morgan fingerprint density at radius 3 is 2.58 bits per heavy atom. The van der Waals surface area contributed by atoms with Crippen LogP contribution < -0.4 is 10.6 Å². The van der Waals surface area contributed by atoms with E-state index in [1.165, 1.54) is 11.3 Å². The molecule has 0 spiro atoms. The Bertz CT molecular complexity index is 739. The molecule has 126 valence electrons. The number of hydrogen-bond donors (Lipinski definition) is 2. The summed E-state index contributed by atoms with van der Waals surface area (Å²) in [6.07, 6.45) is 2.32. The summed E-state index contributed by atoms with van der Waals surface area (Å²) in [5.74, 6) is 0.721. The predicted octanol–water partition coefficient (Wildman–Crippen LogP) is 4.14. The van der Waals surface area contributed by atoms with Crippen LogP contribution in [0.2, 0.25) is 0 Å². The Labute approximate surface area is 145 Å². The Morgan fingerprint density at radius 1 is 1.25 bits per heavy atom. The largest absolute Gasteiger partial charge is 0.326 e. The van der Waals surface area contributed by atoms with Crippen molar-refractivity contribution in [1.29, 1.82) is 0 Å². The van der Waals surface area contributed by atoms with Gasteiger partial charge in [0.25, 0.3) is 0 Å². The molecule has 2 amide bonds. The Kier molecular flexibility index (Phi) is 4.94. The van der Waals surface area contributed by atoms with Crippen LogP contribution in [-0.2, 0) is 9.59 Å². The zero-order valence-electron chi connectivity index (χ0n) is 13.8. The molecule has 1 aromatic carbocycles. The van der Waals surface area contributed by atoms with Gasteiger partial charge in [0.2, 0.25) is 11.8 Å². The number of carbonyl (C=O) groups is 2. The van der Waals surface area contributed by atoms with Crippen LogP contribution in [0.5, 0.6) is 0 Å². The lowest BCUT2D eigenvalue weighted by molar-refractivity contribution is -0.118. The molecule has 2 atom stereocenters. The minimum atomic E-state index is 0.0261. The fourth-order valence-electron chi connectivity index (χ4n) is 2.52. The van der Waals surface area contributed by atoms with E-state index >= 15 is 0 Å². The van der Waals surface area contributed by atoms with Gasteiger partial charge in [0.15, 0.2) is 5.13 Å². The minimum absolute atomic E-state index is 0.0261. The number of nitrogens with zero attached hydrogens (tertiary/aromatic N) is 1. The molecule has 0 radical (unpaired) electrons. The maximum atomic E-state index is 11.9. The van der Waals surface area contributed by atoms with Gasteiger partial charge >= 0.3 is 0 Å². The van der Waals surface area contributed by atoms with Gasteiger partial charge in [0.05, 0.1) is 5.69 Å². The van der Waals surface area contributed by atoms with Gasteiger partial charge < -0.3 is 10.6 Å². The number of anilines is 2. The van der Waals surface area contributed by atoms with Gasteiger partial charge in [-0.2, -0.15) is 0 Å². The van der Waals surface area contributed by atoms with Crippen molar-refractivity contribution in [1.82, 2.24) is 4.98 Å². The van der Waals surface area contributed by atoms with Gasteiger partial charge in [-0.15, -0.1) is 11.3 Å². The lowest BCUT2D eigenvalue weighted by Crippen LogP contribution is -2.14. The van der Waals surface area contributed by atoms with E-state index in [1.54, 1.807) is 0 Å². The van der Waals surface area contributed by atoms with Crippen LogP contribution in [0.4, 0.5) is 10.8 Å². The van der Waals surface area contributed by atoms with Crippen molar-refractivity contribution >= 4 is 34.0 Å². The maximum absolute atomic E-state index is 11.9. The average molecular weight is 343 g/mol. The van der Waals surface area contributed by atoms with Crippen LogP contribution in [0.25, 0.3) is 11.3 Å². The topological polar surface area (TPSA) is 71.1 Å². The van der Waals surface area contributed by atoms with E-state index in [-0.39, 0.29) is 17.7 Å². The molecule has 1 heterocycles. The summed E-state index contributed by atoms with van der Waals surface area (Å²) in [6, 6.07) is 7.58. The highest BCUT2D eigenvalue weighted by Crippen LogP contribution is 2.38. The zero-order valence-corrected chi connectivity index (χ0v) is 14.7. The summed E-state index contributed by atoms with van der Waals surface area (Å²) in [5.41, 5.74) is 2.56. The SMILES string of the molecule is CCCC(=O)Nc1ccc(-c2csc(NC(=O)[C@H]3C[C@H]3C)n2)cc1. The molecule has 1 aliphatic carbocycles. The van der Waals surface area contributed by atoms with Crippen molar-refractivity contribution in [2.24, 2.45) is 11.8 Å². The average Bonchev–Trinajstić information content (AvgIpc) is 3.11. The molecule has 0 bridgehead atoms. The molecular weight excluding hydrogens is 322 g/mol. The highest BCUT2D eigenvalue weighted by molar-refractivity contribution is 7.14. The molecule has 0 unspecified atom stereocenters. The van der Waals surface area contributed by atoms with E-state index in [1.807, 2.05) is 36.6 Å². The van der Waals surface area contributed by atoms with Crippen LogP contribution >= 0.6 is 11.3 Å². The van der Waals surface area contributed by atoms with E-state index < -0.39 is 0 Å². The minimum Gasteiger partial charge on any atom is -0.326 e. The fourth-order valence-corrected chi connectivity index (χ4v) is 3.25. The number of carbonyl (C=O) groups excluding carboxylic acids is 2. The van der Waals surface area contributed by atoms with Crippen LogP contribution in [0.15, 0.2) is 29.6 Å². The van der Waals surface area contributed by atoms with Crippen molar-refractivity contribution < 1.29 is 9.59 Å². The molecule has 1 aromatic heterocycles. The second kappa shape index (κ2) is 7.13. The first-order valence-corrected chi connectivity index (χ1v) is 9.11. The Hall–Kier alpha value is -2.21. The standard InChI is InChI=1S/C18H21N3O2S/c1-3-4-16(22)19-13-7-5-12(6-8-13)15-10-24-18(20-15)21-17(23)14-9-11(14)2/h5-8,10-11,14H,3-4,9H2,1-2H3,(H,19,22)(H,20,21,23)/t11-,14+/m1/s1. The highest BCUT2D eigenvalue weighted by atomic mass is 32.1. The summed E-state index contributed by atoms with van der Waals surface area (Å²) in [7, 11) is 0. The van der Waals surface area contributed by atoms with E-state index in [9.17, 15) is 9.59 Å². The number of nitrogens with one attached hydrogen (secondary N) is 2. The quantitative estimate of drug-likeness (QED) is 0.828. The number of hydrogen-bond acceptors (Lipinski definition) is 4. The molecule has 3 rings (SSSR count). The van der Waals surface area contributed by atoms with E-state index in [2.05, 4.69) is 22.5 Å². The number of aromatic nitrogens is 1. The molecule has 1 fully saturated rings. The van der Waals surface area contributed by atoms with E-state index in [0.29, 0.717) is 17.5 Å². The Balaban J connectivity index is 1.62. The lowest BCUT2D eigenvalue weighted by atomic mass is 10.1. The van der Waals surface area contributed by atoms with Crippen LogP contribution in [0.1, 0.15) is 33.1 Å². The summed E-state index contributed by atoms with van der Waals surface area (Å²) >= 11 is 1.43. The first-order chi connectivity index (χ1) is 11.6. The van der Waals surface area contributed by atoms with Gasteiger partial charge in [-0.3, -0.25) is 9.59 Å². The summed E-state index contributed by atoms with van der Waals surface area (Å²) < 4.78 is 0. The van der Waals surface area contributed by atoms with Gasteiger partial charge in [-0.1, -0.05) is 26.0 Å². The lowest BCUT2D eigenvalue weighted by Gasteiger charge is -2.05. The Morgan fingerprint density at radius 2 is 1.96 bits per heavy atom. The number of rotatable bonds is 6. The third-order valence-corrected chi connectivity index (χ3v) is 4.88. The number of amides is 2. The highest BCUT2D eigenvalue weighted by Gasteiger charge is 2.39. The predicted molar refractivity (Wildman–Crippen MR) is 97.0 cm³/mol.